The van der Waals surface area contributed by atoms with Gasteiger partial charge >= 0.3 is 0 Å². The van der Waals surface area contributed by atoms with Gasteiger partial charge in [-0.05, 0) is 50.0 Å². The van der Waals surface area contributed by atoms with Gasteiger partial charge in [-0.1, -0.05) is 6.07 Å². The van der Waals surface area contributed by atoms with Gasteiger partial charge in [-0.3, -0.25) is 9.59 Å². The zero-order valence-corrected chi connectivity index (χ0v) is 16.1. The van der Waals surface area contributed by atoms with Gasteiger partial charge in [0.25, 0.3) is 0 Å². The minimum atomic E-state index is -0.179. The molecule has 0 unspecified atom stereocenters. The third-order valence-corrected chi connectivity index (χ3v) is 5.84. The first-order valence-corrected chi connectivity index (χ1v) is 10.1. The van der Waals surface area contributed by atoms with E-state index in [9.17, 15) is 9.59 Å². The van der Waals surface area contributed by atoms with Gasteiger partial charge in [0.2, 0.25) is 11.8 Å². The molecule has 0 bridgehead atoms. The second-order valence-corrected chi connectivity index (χ2v) is 8.07. The molecule has 2 aliphatic rings. The second-order valence-electron chi connectivity index (χ2n) is 7.19. The molecule has 0 aromatic heterocycles. The summed E-state index contributed by atoms with van der Waals surface area (Å²) >= 11 is 1.75. The van der Waals surface area contributed by atoms with E-state index in [1.54, 1.807) is 11.8 Å². The molecule has 6 heteroatoms. The number of hydrogen-bond acceptors (Lipinski definition) is 4. The average Bonchev–Trinajstić information content (AvgIpc) is 2.99. The largest absolute Gasteiger partial charge is 0.341 e. The van der Waals surface area contributed by atoms with E-state index in [4.69, 9.17) is 0 Å². The fourth-order valence-corrected chi connectivity index (χ4v) is 4.04. The Morgan fingerprint density at radius 3 is 2.84 bits per heavy atom. The molecule has 2 aliphatic heterocycles. The third-order valence-electron chi connectivity index (χ3n) is 5.12. The highest BCUT2D eigenvalue weighted by Gasteiger charge is 2.37. The van der Waals surface area contributed by atoms with Crippen molar-refractivity contribution in [2.75, 3.05) is 46.5 Å². The van der Waals surface area contributed by atoms with E-state index in [1.165, 1.54) is 16.0 Å². The van der Waals surface area contributed by atoms with E-state index in [2.05, 4.69) is 29.4 Å². The molecule has 1 saturated heterocycles. The molecule has 0 spiro atoms. The number of carbonyl (C=O) groups is 2. The summed E-state index contributed by atoms with van der Waals surface area (Å²) in [5.74, 6) is 0.0733. The minimum absolute atomic E-state index is 0.113. The molecule has 136 valence electrons. The number of hydrogen-bond donors (Lipinski definition) is 0. The van der Waals surface area contributed by atoms with Gasteiger partial charge in [0.1, 0.15) is 0 Å². The Balaban J connectivity index is 1.61. The maximum absolute atomic E-state index is 12.9. The lowest BCUT2D eigenvalue weighted by Gasteiger charge is -2.31. The summed E-state index contributed by atoms with van der Waals surface area (Å²) in [6, 6.07) is 6.51. The maximum Gasteiger partial charge on any atom is 0.228 e. The van der Waals surface area contributed by atoms with Crippen LogP contribution in [0.15, 0.2) is 23.1 Å². The molecular formula is C19H27N3O2S. The average molecular weight is 362 g/mol. The summed E-state index contributed by atoms with van der Waals surface area (Å²) in [6.45, 7) is 3.54. The van der Waals surface area contributed by atoms with Crippen LogP contribution in [0.4, 0.5) is 0 Å². The van der Waals surface area contributed by atoms with Crippen LogP contribution < -0.4 is 0 Å². The summed E-state index contributed by atoms with van der Waals surface area (Å²) < 4.78 is 0. The highest BCUT2D eigenvalue weighted by molar-refractivity contribution is 7.98. The molecule has 0 radical (unpaired) electrons. The number of rotatable bonds is 5. The van der Waals surface area contributed by atoms with Crippen LogP contribution in [0.5, 0.6) is 0 Å². The van der Waals surface area contributed by atoms with Crippen molar-refractivity contribution >= 4 is 23.6 Å². The number of thioether (sulfide) groups is 1. The summed E-state index contributed by atoms with van der Waals surface area (Å²) in [5, 5.41) is 0. The van der Waals surface area contributed by atoms with Gasteiger partial charge in [0.05, 0.1) is 5.92 Å². The first-order chi connectivity index (χ1) is 12.0. The van der Waals surface area contributed by atoms with Crippen LogP contribution in [0.1, 0.15) is 17.5 Å². The van der Waals surface area contributed by atoms with Crippen molar-refractivity contribution in [3.05, 3.63) is 29.3 Å². The Hall–Kier alpha value is -1.53. The van der Waals surface area contributed by atoms with E-state index in [0.29, 0.717) is 26.1 Å². The van der Waals surface area contributed by atoms with Gasteiger partial charge in [0, 0.05) is 44.0 Å². The van der Waals surface area contributed by atoms with Gasteiger partial charge in [-0.2, -0.15) is 0 Å². The van der Waals surface area contributed by atoms with Gasteiger partial charge in [0.15, 0.2) is 0 Å². The molecule has 2 heterocycles. The Morgan fingerprint density at radius 1 is 1.32 bits per heavy atom. The minimum Gasteiger partial charge on any atom is -0.341 e. The van der Waals surface area contributed by atoms with Crippen molar-refractivity contribution in [1.82, 2.24) is 14.7 Å². The quantitative estimate of drug-likeness (QED) is 0.749. The third kappa shape index (κ3) is 4.18. The smallest absolute Gasteiger partial charge is 0.228 e. The van der Waals surface area contributed by atoms with Crippen LogP contribution in [0, 0.1) is 5.92 Å². The first kappa shape index (κ1) is 18.3. The normalized spacial score (nSPS) is 20.3. The van der Waals surface area contributed by atoms with Crippen LogP contribution in [0.25, 0.3) is 0 Å². The molecule has 0 aliphatic carbocycles. The monoisotopic (exact) mass is 361 g/mol. The van der Waals surface area contributed by atoms with E-state index < -0.39 is 0 Å². The van der Waals surface area contributed by atoms with Crippen LogP contribution >= 0.6 is 11.8 Å². The lowest BCUT2D eigenvalue weighted by Crippen LogP contribution is -2.41. The molecule has 1 fully saturated rings. The highest BCUT2D eigenvalue weighted by Crippen LogP contribution is 2.27. The molecule has 5 nitrogen and oxygen atoms in total. The molecule has 1 aromatic rings. The van der Waals surface area contributed by atoms with E-state index >= 15 is 0 Å². The van der Waals surface area contributed by atoms with Crippen LogP contribution in [-0.2, 0) is 22.6 Å². The predicted octanol–water partition coefficient (Wildman–Crippen LogP) is 1.70. The van der Waals surface area contributed by atoms with E-state index in [1.807, 2.05) is 23.9 Å². The molecule has 3 rings (SSSR count). The van der Waals surface area contributed by atoms with Crippen molar-refractivity contribution in [3.63, 3.8) is 0 Å². The van der Waals surface area contributed by atoms with Crippen molar-refractivity contribution in [2.24, 2.45) is 5.92 Å². The molecule has 1 atom stereocenters. The van der Waals surface area contributed by atoms with Gasteiger partial charge in [-0.25, -0.2) is 0 Å². The number of benzene rings is 1. The van der Waals surface area contributed by atoms with E-state index in [0.717, 1.165) is 19.5 Å². The van der Waals surface area contributed by atoms with Crippen molar-refractivity contribution < 1.29 is 9.59 Å². The zero-order valence-electron chi connectivity index (χ0n) is 15.3. The fourth-order valence-electron chi connectivity index (χ4n) is 3.58. The molecule has 2 amide bonds. The standard InChI is InChI=1S/C19H27N3O2S/c1-20(2)8-9-21-13-16(11-18(21)23)19(24)22-7-6-14-10-17(25-3)5-4-15(14)12-22/h4-5,10,16H,6-9,11-13H2,1-3H3/t16-/m0/s1. The lowest BCUT2D eigenvalue weighted by atomic mass is 9.98. The maximum atomic E-state index is 12.9. The highest BCUT2D eigenvalue weighted by atomic mass is 32.2. The summed E-state index contributed by atoms with van der Waals surface area (Å²) in [6.07, 6.45) is 3.35. The number of likely N-dealkylation sites (N-methyl/N-ethyl adjacent to an activating group) is 1. The Kier molecular flexibility index (Phi) is 5.69. The predicted molar refractivity (Wildman–Crippen MR) is 101 cm³/mol. The number of amides is 2. The Bertz CT molecular complexity index is 662. The van der Waals surface area contributed by atoms with Crippen LogP contribution in [-0.4, -0.2) is 73.0 Å². The molecule has 0 N–H and O–H groups in total. The van der Waals surface area contributed by atoms with Gasteiger partial charge < -0.3 is 14.7 Å². The molecular weight excluding hydrogens is 334 g/mol. The van der Waals surface area contributed by atoms with Crippen LogP contribution in [0.3, 0.4) is 0 Å². The topological polar surface area (TPSA) is 43.9 Å². The summed E-state index contributed by atoms with van der Waals surface area (Å²) in [7, 11) is 3.99. The van der Waals surface area contributed by atoms with Crippen molar-refractivity contribution in [3.8, 4) is 0 Å². The Morgan fingerprint density at radius 2 is 2.12 bits per heavy atom. The first-order valence-electron chi connectivity index (χ1n) is 8.85. The summed E-state index contributed by atoms with van der Waals surface area (Å²) in [4.78, 5) is 32.2. The van der Waals surface area contributed by atoms with E-state index in [-0.39, 0.29) is 17.7 Å². The van der Waals surface area contributed by atoms with Crippen molar-refractivity contribution in [2.45, 2.75) is 24.3 Å². The number of fused-ring (bicyclic) bond motifs is 1. The molecule has 0 saturated carbocycles. The number of nitrogens with zero attached hydrogens (tertiary/aromatic N) is 3. The summed E-state index contributed by atoms with van der Waals surface area (Å²) in [5.41, 5.74) is 2.59. The van der Waals surface area contributed by atoms with Crippen LogP contribution in [0.2, 0.25) is 0 Å². The number of carbonyl (C=O) groups excluding carboxylic acids is 2. The van der Waals surface area contributed by atoms with Crippen molar-refractivity contribution in [1.29, 1.82) is 0 Å². The second kappa shape index (κ2) is 7.79. The Labute approximate surface area is 154 Å². The molecule has 25 heavy (non-hydrogen) atoms. The zero-order chi connectivity index (χ0) is 18.0. The number of likely N-dealkylation sites (tertiary alicyclic amines) is 1. The molecule has 1 aromatic carbocycles. The van der Waals surface area contributed by atoms with Gasteiger partial charge in [-0.15, -0.1) is 11.8 Å². The fraction of sp³-hybridized carbons (Fsp3) is 0.579. The lowest BCUT2D eigenvalue weighted by molar-refractivity contribution is -0.136. The SMILES string of the molecule is CSc1ccc2c(c1)CCN(C(=O)[C@H]1CC(=O)N(CCN(C)C)C1)C2.